The summed E-state index contributed by atoms with van der Waals surface area (Å²) in [5.41, 5.74) is 0.232. The third-order valence-corrected chi connectivity index (χ3v) is 6.01. The number of hydrogen-bond donors (Lipinski definition) is 0. The molecule has 0 amide bonds. The smallest absolute Gasteiger partial charge is 0.397 e. The zero-order valence-corrected chi connectivity index (χ0v) is 15.0. The normalized spacial score (nSPS) is 21.0. The van der Waals surface area contributed by atoms with Crippen LogP contribution in [0.5, 0.6) is 6.08 Å². The van der Waals surface area contributed by atoms with Gasteiger partial charge in [-0.3, -0.25) is 0 Å². The van der Waals surface area contributed by atoms with E-state index in [1.54, 1.807) is 18.2 Å². The van der Waals surface area contributed by atoms with Crippen molar-refractivity contribution in [2.24, 2.45) is 5.92 Å². The predicted molar refractivity (Wildman–Crippen MR) is 98.9 cm³/mol. The standard InChI is InChI=1S/C19H25NO3S/c1-24-15-11-9-14(10-12-15)6-4-5-13-22-19-20-17-8-3-2-7-16(17)18(21)23-19/h2-3,7-8,14-15H,4-6,9-13H2,1H3. The summed E-state index contributed by atoms with van der Waals surface area (Å²) in [4.78, 5) is 16.1. The number of fused-ring (bicyclic) bond motifs is 1. The van der Waals surface area contributed by atoms with E-state index >= 15 is 0 Å². The van der Waals surface area contributed by atoms with Crippen LogP contribution in [0.3, 0.4) is 0 Å². The first kappa shape index (κ1) is 17.3. The lowest BCUT2D eigenvalue weighted by molar-refractivity contribution is 0.208. The Labute approximate surface area is 147 Å². The van der Waals surface area contributed by atoms with E-state index in [9.17, 15) is 4.79 Å². The van der Waals surface area contributed by atoms with Gasteiger partial charge in [0.25, 0.3) is 0 Å². The Morgan fingerprint density at radius 3 is 2.79 bits per heavy atom. The van der Waals surface area contributed by atoms with Crippen molar-refractivity contribution in [3.8, 4) is 6.08 Å². The first-order valence-electron chi connectivity index (χ1n) is 8.81. The van der Waals surface area contributed by atoms with E-state index in [0.29, 0.717) is 17.5 Å². The van der Waals surface area contributed by atoms with Crippen molar-refractivity contribution in [2.45, 2.75) is 50.2 Å². The number of thioether (sulfide) groups is 1. The summed E-state index contributed by atoms with van der Waals surface area (Å²) in [7, 11) is 0. The quantitative estimate of drug-likeness (QED) is 0.682. The molecule has 1 fully saturated rings. The molecule has 0 aliphatic heterocycles. The third kappa shape index (κ3) is 4.53. The monoisotopic (exact) mass is 347 g/mol. The molecule has 1 aliphatic rings. The van der Waals surface area contributed by atoms with Crippen molar-refractivity contribution in [1.82, 2.24) is 4.98 Å². The Kier molecular flexibility index (Phi) is 6.18. The van der Waals surface area contributed by atoms with Gasteiger partial charge in [-0.2, -0.15) is 16.7 Å². The summed E-state index contributed by atoms with van der Waals surface area (Å²) in [6, 6.07) is 7.16. The van der Waals surface area contributed by atoms with E-state index < -0.39 is 0 Å². The van der Waals surface area contributed by atoms with Gasteiger partial charge >= 0.3 is 11.7 Å². The van der Waals surface area contributed by atoms with Gasteiger partial charge in [0.2, 0.25) is 0 Å². The lowest BCUT2D eigenvalue weighted by Crippen LogP contribution is -2.16. The van der Waals surface area contributed by atoms with Crippen molar-refractivity contribution in [3.63, 3.8) is 0 Å². The molecule has 0 unspecified atom stereocenters. The number of ether oxygens (including phenoxy) is 1. The molecule has 4 nitrogen and oxygen atoms in total. The number of aromatic nitrogens is 1. The summed E-state index contributed by atoms with van der Waals surface area (Å²) in [5, 5.41) is 1.37. The lowest BCUT2D eigenvalue weighted by Gasteiger charge is -2.27. The fourth-order valence-electron chi connectivity index (χ4n) is 3.41. The van der Waals surface area contributed by atoms with Gasteiger partial charge in [0.05, 0.1) is 17.5 Å². The number of benzene rings is 1. The fraction of sp³-hybridized carbons (Fsp3) is 0.579. The molecule has 0 atom stereocenters. The van der Waals surface area contributed by atoms with Gasteiger partial charge in [0.15, 0.2) is 0 Å². The van der Waals surface area contributed by atoms with Crippen molar-refractivity contribution in [2.75, 3.05) is 12.9 Å². The number of hydrogen-bond acceptors (Lipinski definition) is 5. The van der Waals surface area contributed by atoms with Crippen LogP contribution in [-0.4, -0.2) is 23.1 Å². The maximum atomic E-state index is 11.9. The molecule has 130 valence electrons. The Balaban J connectivity index is 1.40. The van der Waals surface area contributed by atoms with E-state index in [1.165, 1.54) is 32.1 Å². The predicted octanol–water partition coefficient (Wildman–Crippen LogP) is 4.66. The minimum atomic E-state index is -0.388. The van der Waals surface area contributed by atoms with Gasteiger partial charge in [-0.05, 0) is 62.8 Å². The van der Waals surface area contributed by atoms with Crippen LogP contribution in [0.4, 0.5) is 0 Å². The molecule has 24 heavy (non-hydrogen) atoms. The lowest BCUT2D eigenvalue weighted by atomic mass is 9.85. The van der Waals surface area contributed by atoms with Crippen molar-refractivity contribution >= 4 is 22.7 Å². The van der Waals surface area contributed by atoms with Crippen molar-refractivity contribution in [1.29, 1.82) is 0 Å². The topological polar surface area (TPSA) is 52.3 Å². The zero-order chi connectivity index (χ0) is 16.8. The van der Waals surface area contributed by atoms with Crippen LogP contribution in [0.25, 0.3) is 10.9 Å². The van der Waals surface area contributed by atoms with Crippen LogP contribution < -0.4 is 10.4 Å². The minimum absolute atomic E-state index is 0.0826. The molecule has 1 aromatic heterocycles. The Morgan fingerprint density at radius 1 is 1.21 bits per heavy atom. The summed E-state index contributed by atoms with van der Waals surface area (Å²) in [5.74, 6) is 0.880. The molecule has 0 saturated heterocycles. The van der Waals surface area contributed by atoms with Crippen LogP contribution in [-0.2, 0) is 0 Å². The molecule has 2 aromatic rings. The van der Waals surface area contributed by atoms with E-state index in [4.69, 9.17) is 9.15 Å². The highest BCUT2D eigenvalue weighted by molar-refractivity contribution is 7.99. The number of unbranched alkanes of at least 4 members (excludes halogenated alkanes) is 1. The highest BCUT2D eigenvalue weighted by atomic mass is 32.2. The summed E-state index contributed by atoms with van der Waals surface area (Å²) < 4.78 is 10.7. The summed E-state index contributed by atoms with van der Waals surface area (Å²) in [6.45, 7) is 0.550. The fourth-order valence-corrected chi connectivity index (χ4v) is 4.16. The number of rotatable bonds is 7. The van der Waals surface area contributed by atoms with Gasteiger partial charge in [-0.15, -0.1) is 0 Å². The van der Waals surface area contributed by atoms with Gasteiger partial charge in [-0.1, -0.05) is 18.6 Å². The third-order valence-electron chi connectivity index (χ3n) is 4.88. The van der Waals surface area contributed by atoms with E-state index in [1.807, 2.05) is 17.8 Å². The zero-order valence-electron chi connectivity index (χ0n) is 14.2. The first-order chi connectivity index (χ1) is 11.8. The highest BCUT2D eigenvalue weighted by Gasteiger charge is 2.19. The maximum absolute atomic E-state index is 11.9. The molecular formula is C19H25NO3S. The molecule has 1 heterocycles. The largest absolute Gasteiger partial charge is 0.450 e. The molecule has 0 spiro atoms. The van der Waals surface area contributed by atoms with Gasteiger partial charge in [0.1, 0.15) is 0 Å². The average molecular weight is 347 g/mol. The second-order valence-electron chi connectivity index (χ2n) is 6.51. The van der Waals surface area contributed by atoms with Gasteiger partial charge in [0, 0.05) is 5.25 Å². The van der Waals surface area contributed by atoms with Crippen LogP contribution in [0, 0.1) is 5.92 Å². The second kappa shape index (κ2) is 8.56. The molecule has 0 bridgehead atoms. The van der Waals surface area contributed by atoms with Crippen LogP contribution in [0.1, 0.15) is 44.9 Å². The van der Waals surface area contributed by atoms with Crippen LogP contribution in [0.2, 0.25) is 0 Å². The Hall–Kier alpha value is -1.49. The average Bonchev–Trinajstić information content (AvgIpc) is 2.62. The summed E-state index contributed by atoms with van der Waals surface area (Å²) >= 11 is 2.02. The molecule has 0 N–H and O–H groups in total. The summed E-state index contributed by atoms with van der Waals surface area (Å²) in [6.07, 6.45) is 11.2. The van der Waals surface area contributed by atoms with Crippen LogP contribution in [0.15, 0.2) is 33.5 Å². The number of nitrogens with zero attached hydrogens (tertiary/aromatic N) is 1. The van der Waals surface area contributed by atoms with E-state index in [2.05, 4.69) is 11.2 Å². The Bertz CT molecular complexity index is 707. The molecule has 0 radical (unpaired) electrons. The molecule has 1 aliphatic carbocycles. The first-order valence-corrected chi connectivity index (χ1v) is 10.1. The molecule has 1 aromatic carbocycles. The SMILES string of the molecule is CSC1CCC(CCCCOc2nc3ccccc3c(=O)o2)CC1. The molecular weight excluding hydrogens is 322 g/mol. The van der Waals surface area contributed by atoms with Gasteiger partial charge in [-0.25, -0.2) is 4.79 Å². The Morgan fingerprint density at radius 2 is 2.00 bits per heavy atom. The molecule has 1 saturated carbocycles. The molecule has 5 heteroatoms. The highest BCUT2D eigenvalue weighted by Crippen LogP contribution is 2.33. The van der Waals surface area contributed by atoms with Crippen molar-refractivity contribution < 1.29 is 9.15 Å². The number of para-hydroxylation sites is 1. The maximum Gasteiger partial charge on any atom is 0.397 e. The molecule has 3 rings (SSSR count). The van der Waals surface area contributed by atoms with E-state index in [0.717, 1.165) is 24.0 Å². The second-order valence-corrected chi connectivity index (χ2v) is 7.65. The minimum Gasteiger partial charge on any atom is -0.450 e. The van der Waals surface area contributed by atoms with Gasteiger partial charge < -0.3 is 9.15 Å². The van der Waals surface area contributed by atoms with Crippen molar-refractivity contribution in [3.05, 3.63) is 34.7 Å². The van der Waals surface area contributed by atoms with E-state index in [-0.39, 0.29) is 11.7 Å². The van der Waals surface area contributed by atoms with Crippen LogP contribution >= 0.6 is 11.8 Å².